The third kappa shape index (κ3) is 18.2. The highest BCUT2D eigenvalue weighted by atomic mass is 17.1. The van der Waals surface area contributed by atoms with Gasteiger partial charge < -0.3 is 20.0 Å². The molecule has 10 heteroatoms. The molecule has 0 aliphatic rings. The quantitative estimate of drug-likeness (QED) is 0.0590. The van der Waals surface area contributed by atoms with Crippen molar-refractivity contribution in [2.24, 2.45) is 0 Å². The molecule has 34 heavy (non-hydrogen) atoms. The second kappa shape index (κ2) is 21.2. The maximum atomic E-state index is 10.8. The maximum absolute atomic E-state index is 10.8. The number of hydrogen-bond donors (Lipinski definition) is 4. The Bertz CT molecular complexity index is 553. The molecule has 0 fully saturated rings. The minimum absolute atomic E-state index is 0.0443. The molecule has 0 aromatic carbocycles. The van der Waals surface area contributed by atoms with Crippen molar-refractivity contribution >= 4 is 11.9 Å². The predicted molar refractivity (Wildman–Crippen MR) is 129 cm³/mol. The molecule has 0 saturated carbocycles. The molecule has 0 aromatic rings. The van der Waals surface area contributed by atoms with Gasteiger partial charge in [-0.25, -0.2) is 10.5 Å². The van der Waals surface area contributed by atoms with E-state index in [1.807, 2.05) is 0 Å². The number of carboxylic acids is 2. The smallest absolute Gasteiger partial charge is 0.317 e. The summed E-state index contributed by atoms with van der Waals surface area (Å²) in [5, 5.41) is 35.0. The number of carbonyl (C=O) groups is 2. The Balaban J connectivity index is 3.52. The molecule has 0 amide bonds. The van der Waals surface area contributed by atoms with Gasteiger partial charge in [0.15, 0.2) is 0 Å². The van der Waals surface area contributed by atoms with Crippen LogP contribution in [-0.4, -0.2) is 68.6 Å². The molecule has 0 atom stereocenters. The van der Waals surface area contributed by atoms with Crippen molar-refractivity contribution in [3.8, 4) is 0 Å². The summed E-state index contributed by atoms with van der Waals surface area (Å²) in [6, 6.07) is 0. The SMILES string of the molecule is C=C(OO)N(CCCCCCCCCCCCCCCCN(CC(=O)O)CC(=O)O)C(=C)OO. The van der Waals surface area contributed by atoms with E-state index in [0.29, 0.717) is 13.1 Å². The molecule has 0 aliphatic carbocycles. The number of rotatable bonds is 25. The van der Waals surface area contributed by atoms with Gasteiger partial charge in [-0.1, -0.05) is 77.0 Å². The van der Waals surface area contributed by atoms with E-state index in [0.717, 1.165) is 44.9 Å². The molecule has 4 N–H and O–H groups in total. The second-order valence-electron chi connectivity index (χ2n) is 8.57. The summed E-state index contributed by atoms with van der Waals surface area (Å²) in [6.07, 6.45) is 15.6. The zero-order valence-electron chi connectivity index (χ0n) is 20.5. The molecular formula is C24H44N2O8. The summed E-state index contributed by atoms with van der Waals surface area (Å²) in [4.78, 5) is 32.5. The van der Waals surface area contributed by atoms with Crippen LogP contribution in [0.1, 0.15) is 89.9 Å². The molecule has 0 spiro atoms. The Morgan fingerprint density at radius 2 is 0.853 bits per heavy atom. The zero-order valence-corrected chi connectivity index (χ0v) is 20.5. The number of aliphatic carboxylic acids is 2. The lowest BCUT2D eigenvalue weighted by atomic mass is 10.0. The average Bonchev–Trinajstić information content (AvgIpc) is 2.79. The van der Waals surface area contributed by atoms with Crippen molar-refractivity contribution in [3.05, 3.63) is 24.9 Å². The molecule has 0 heterocycles. The first-order valence-corrected chi connectivity index (χ1v) is 12.3. The molecule has 0 saturated heterocycles. The first-order valence-electron chi connectivity index (χ1n) is 12.3. The standard InChI is InChI=1S/C24H44N2O8/c1-21(33-31)26(22(2)34-32)18-16-14-12-10-8-6-4-3-5-7-9-11-13-15-17-25(19-23(27)28)20-24(29)30/h31-32H,1-20H2,(H,27,28)(H,29,30). The van der Waals surface area contributed by atoms with E-state index >= 15 is 0 Å². The lowest BCUT2D eigenvalue weighted by molar-refractivity contribution is -0.251. The molecular weight excluding hydrogens is 444 g/mol. The van der Waals surface area contributed by atoms with E-state index in [1.165, 1.54) is 54.7 Å². The highest BCUT2D eigenvalue weighted by molar-refractivity contribution is 5.72. The molecule has 0 bridgehead atoms. The second-order valence-corrected chi connectivity index (χ2v) is 8.57. The van der Waals surface area contributed by atoms with E-state index < -0.39 is 11.9 Å². The van der Waals surface area contributed by atoms with Crippen LogP contribution in [0.15, 0.2) is 24.9 Å². The van der Waals surface area contributed by atoms with Crippen molar-refractivity contribution in [3.63, 3.8) is 0 Å². The fraction of sp³-hybridized carbons (Fsp3) is 0.750. The third-order valence-corrected chi connectivity index (χ3v) is 5.64. The van der Waals surface area contributed by atoms with Gasteiger partial charge in [-0.15, -0.1) is 0 Å². The highest BCUT2D eigenvalue weighted by Gasteiger charge is 2.14. The Labute approximate surface area is 203 Å². The molecule has 10 nitrogen and oxygen atoms in total. The van der Waals surface area contributed by atoms with E-state index in [9.17, 15) is 9.59 Å². The lowest BCUT2D eigenvalue weighted by Gasteiger charge is -2.22. The van der Waals surface area contributed by atoms with Crippen molar-refractivity contribution < 1.29 is 40.1 Å². The molecule has 0 radical (unpaired) electrons. The molecule has 0 rings (SSSR count). The number of carboxylic acid groups (broad SMARTS) is 2. The molecule has 198 valence electrons. The van der Waals surface area contributed by atoms with Crippen LogP contribution in [0.4, 0.5) is 0 Å². The maximum Gasteiger partial charge on any atom is 0.317 e. The van der Waals surface area contributed by atoms with Crippen LogP contribution in [0.5, 0.6) is 0 Å². The van der Waals surface area contributed by atoms with Crippen LogP contribution in [0.2, 0.25) is 0 Å². The number of nitrogens with zero attached hydrogens (tertiary/aromatic N) is 2. The third-order valence-electron chi connectivity index (χ3n) is 5.64. The summed E-state index contributed by atoms with van der Waals surface area (Å²) < 4.78 is 0. The van der Waals surface area contributed by atoms with Gasteiger partial charge in [0.2, 0.25) is 11.8 Å². The summed E-state index contributed by atoms with van der Waals surface area (Å²) in [7, 11) is 0. The minimum Gasteiger partial charge on any atom is -0.480 e. The summed E-state index contributed by atoms with van der Waals surface area (Å²) in [5.41, 5.74) is 0. The lowest BCUT2D eigenvalue weighted by Crippen LogP contribution is -2.35. The van der Waals surface area contributed by atoms with Gasteiger partial charge in [0.05, 0.1) is 13.1 Å². The number of hydrogen-bond acceptors (Lipinski definition) is 8. The summed E-state index contributed by atoms with van der Waals surface area (Å²) in [6.45, 7) is 7.58. The van der Waals surface area contributed by atoms with Crippen LogP contribution in [0.3, 0.4) is 0 Å². The summed E-state index contributed by atoms with van der Waals surface area (Å²) in [5.74, 6) is -2.08. The van der Waals surface area contributed by atoms with E-state index in [2.05, 4.69) is 22.9 Å². The van der Waals surface area contributed by atoms with Crippen LogP contribution in [0.25, 0.3) is 0 Å². The van der Waals surface area contributed by atoms with Crippen molar-refractivity contribution in [2.45, 2.75) is 89.9 Å². The minimum atomic E-state index is -0.995. The molecule has 0 unspecified atom stereocenters. The van der Waals surface area contributed by atoms with Crippen LogP contribution in [-0.2, 0) is 19.4 Å². The normalized spacial score (nSPS) is 10.8. The monoisotopic (exact) mass is 488 g/mol. The fourth-order valence-corrected chi connectivity index (χ4v) is 3.81. The Morgan fingerprint density at radius 3 is 1.15 bits per heavy atom. The van der Waals surface area contributed by atoms with Gasteiger partial charge in [0.25, 0.3) is 0 Å². The Hall–Kier alpha value is -2.30. The van der Waals surface area contributed by atoms with Gasteiger partial charge in [-0.05, 0) is 32.5 Å². The van der Waals surface area contributed by atoms with E-state index in [1.54, 1.807) is 0 Å². The Kier molecular flexibility index (Phi) is 19.8. The average molecular weight is 489 g/mol. The van der Waals surface area contributed by atoms with E-state index in [4.69, 9.17) is 20.7 Å². The van der Waals surface area contributed by atoms with Gasteiger partial charge >= 0.3 is 11.9 Å². The summed E-state index contributed by atoms with van der Waals surface area (Å²) >= 11 is 0. The fourth-order valence-electron chi connectivity index (χ4n) is 3.81. The van der Waals surface area contributed by atoms with Gasteiger partial charge in [0.1, 0.15) is 0 Å². The van der Waals surface area contributed by atoms with Gasteiger partial charge in [-0.3, -0.25) is 19.4 Å². The van der Waals surface area contributed by atoms with Crippen LogP contribution < -0.4 is 0 Å². The number of unbranched alkanes of at least 4 members (excludes halogenated alkanes) is 13. The predicted octanol–water partition coefficient (Wildman–Crippen LogP) is 5.14. The molecule has 0 aromatic heterocycles. The van der Waals surface area contributed by atoms with Crippen molar-refractivity contribution in [1.82, 2.24) is 9.80 Å². The molecule has 0 aliphatic heterocycles. The van der Waals surface area contributed by atoms with E-state index in [-0.39, 0.29) is 24.9 Å². The Morgan fingerprint density at radius 1 is 0.559 bits per heavy atom. The first-order chi connectivity index (χ1) is 16.3. The van der Waals surface area contributed by atoms with Gasteiger partial charge in [-0.2, -0.15) is 0 Å². The first kappa shape index (κ1) is 31.7. The largest absolute Gasteiger partial charge is 0.480 e. The van der Waals surface area contributed by atoms with Crippen LogP contribution >= 0.6 is 0 Å². The van der Waals surface area contributed by atoms with Crippen LogP contribution in [0, 0.1) is 0 Å². The topological polar surface area (TPSA) is 140 Å². The van der Waals surface area contributed by atoms with Crippen molar-refractivity contribution in [1.29, 1.82) is 0 Å². The highest BCUT2D eigenvalue weighted by Crippen LogP contribution is 2.15. The van der Waals surface area contributed by atoms with Gasteiger partial charge in [0, 0.05) is 6.54 Å². The van der Waals surface area contributed by atoms with Crippen molar-refractivity contribution in [2.75, 3.05) is 26.2 Å². The zero-order chi connectivity index (χ0) is 25.6.